The number of esters is 1. The highest BCUT2D eigenvalue weighted by Crippen LogP contribution is 2.24. The fourth-order valence-corrected chi connectivity index (χ4v) is 2.87. The molecule has 1 atom stereocenters. The van der Waals surface area contributed by atoms with Crippen LogP contribution in [-0.2, 0) is 11.3 Å². The Morgan fingerprint density at radius 1 is 1.58 bits per heavy atom. The first-order valence-electron chi connectivity index (χ1n) is 6.34. The van der Waals surface area contributed by atoms with Gasteiger partial charge in [-0.05, 0) is 36.6 Å². The lowest BCUT2D eigenvalue weighted by atomic mass is 10.1. The molecule has 4 nitrogen and oxygen atoms in total. The lowest BCUT2D eigenvalue weighted by molar-refractivity contribution is 0.0600. The second kappa shape index (κ2) is 6.50. The molecule has 104 valence electrons. The van der Waals surface area contributed by atoms with Crippen molar-refractivity contribution in [2.45, 2.75) is 13.0 Å². The summed E-state index contributed by atoms with van der Waals surface area (Å²) >= 11 is 3.50. The number of nitrogens with zero attached hydrogens (tertiary/aromatic N) is 1. The van der Waals surface area contributed by atoms with Gasteiger partial charge in [0.15, 0.2) is 0 Å². The van der Waals surface area contributed by atoms with Gasteiger partial charge in [-0.15, -0.1) is 0 Å². The number of rotatable bonds is 4. The lowest BCUT2D eigenvalue weighted by Crippen LogP contribution is -2.21. The van der Waals surface area contributed by atoms with Crippen molar-refractivity contribution >= 4 is 21.9 Å². The van der Waals surface area contributed by atoms with Crippen LogP contribution in [0, 0.1) is 5.92 Å². The van der Waals surface area contributed by atoms with Crippen molar-refractivity contribution in [3.63, 3.8) is 0 Å². The number of ether oxygens (including phenoxy) is 1. The summed E-state index contributed by atoms with van der Waals surface area (Å²) in [6, 6.07) is 5.52. The molecule has 0 bridgehead atoms. The van der Waals surface area contributed by atoms with Crippen LogP contribution in [0.25, 0.3) is 0 Å². The zero-order chi connectivity index (χ0) is 13.8. The quantitative estimate of drug-likeness (QED) is 0.860. The van der Waals surface area contributed by atoms with Gasteiger partial charge in [0.25, 0.3) is 0 Å². The highest BCUT2D eigenvalue weighted by Gasteiger charge is 2.22. The van der Waals surface area contributed by atoms with Crippen molar-refractivity contribution in [2.24, 2.45) is 5.92 Å². The first kappa shape index (κ1) is 14.5. The number of methoxy groups -OCH3 is 1. The fourth-order valence-electron chi connectivity index (χ4n) is 2.37. The van der Waals surface area contributed by atoms with Crippen LogP contribution in [0.3, 0.4) is 0 Å². The molecule has 5 heteroatoms. The minimum absolute atomic E-state index is 0.263. The molecular formula is C14H18BrNO3. The van der Waals surface area contributed by atoms with Crippen molar-refractivity contribution in [3.8, 4) is 0 Å². The Morgan fingerprint density at radius 2 is 2.37 bits per heavy atom. The van der Waals surface area contributed by atoms with E-state index in [0.29, 0.717) is 11.5 Å². The van der Waals surface area contributed by atoms with E-state index in [9.17, 15) is 4.79 Å². The SMILES string of the molecule is COC(=O)c1ccc(CN2CCC(CO)C2)c(Br)c1. The van der Waals surface area contributed by atoms with Crippen molar-refractivity contribution in [1.29, 1.82) is 0 Å². The van der Waals surface area contributed by atoms with Gasteiger partial charge in [0.2, 0.25) is 0 Å². The molecule has 0 aromatic heterocycles. The Hall–Kier alpha value is -0.910. The summed E-state index contributed by atoms with van der Waals surface area (Å²) < 4.78 is 5.61. The summed E-state index contributed by atoms with van der Waals surface area (Å²) in [6.07, 6.45) is 1.05. The van der Waals surface area contributed by atoms with E-state index in [4.69, 9.17) is 9.84 Å². The highest BCUT2D eigenvalue weighted by molar-refractivity contribution is 9.10. The van der Waals surface area contributed by atoms with Gasteiger partial charge in [0, 0.05) is 24.2 Å². The predicted molar refractivity (Wildman–Crippen MR) is 76.0 cm³/mol. The molecule has 0 saturated carbocycles. The third-order valence-electron chi connectivity index (χ3n) is 3.50. The molecule has 1 aliphatic heterocycles. The Bertz CT molecular complexity index is 464. The minimum atomic E-state index is -0.325. The zero-order valence-electron chi connectivity index (χ0n) is 10.9. The second-order valence-corrected chi connectivity index (χ2v) is 5.72. The van der Waals surface area contributed by atoms with E-state index in [1.165, 1.54) is 7.11 Å². The van der Waals surface area contributed by atoms with Crippen LogP contribution in [0.1, 0.15) is 22.3 Å². The van der Waals surface area contributed by atoms with E-state index in [1.807, 2.05) is 6.07 Å². The van der Waals surface area contributed by atoms with Crippen LogP contribution in [0.5, 0.6) is 0 Å². The third-order valence-corrected chi connectivity index (χ3v) is 4.23. The molecule has 1 aromatic carbocycles. The third kappa shape index (κ3) is 3.55. The maximum absolute atomic E-state index is 11.4. The number of aliphatic hydroxyl groups is 1. The molecule has 1 N–H and O–H groups in total. The van der Waals surface area contributed by atoms with Gasteiger partial charge in [0.1, 0.15) is 0 Å². The second-order valence-electron chi connectivity index (χ2n) is 4.87. The topological polar surface area (TPSA) is 49.8 Å². The number of hydrogen-bond donors (Lipinski definition) is 1. The molecule has 1 saturated heterocycles. The van der Waals surface area contributed by atoms with E-state index in [-0.39, 0.29) is 12.6 Å². The largest absolute Gasteiger partial charge is 0.465 e. The van der Waals surface area contributed by atoms with Crippen LogP contribution >= 0.6 is 15.9 Å². The Labute approximate surface area is 121 Å². The number of benzene rings is 1. The Morgan fingerprint density at radius 3 is 2.95 bits per heavy atom. The van der Waals surface area contributed by atoms with Crippen LogP contribution in [0.15, 0.2) is 22.7 Å². The molecule has 0 spiro atoms. The smallest absolute Gasteiger partial charge is 0.337 e. The van der Waals surface area contributed by atoms with Gasteiger partial charge < -0.3 is 9.84 Å². The zero-order valence-corrected chi connectivity index (χ0v) is 12.5. The maximum Gasteiger partial charge on any atom is 0.337 e. The van der Waals surface area contributed by atoms with Crippen LogP contribution in [0.4, 0.5) is 0 Å². The van der Waals surface area contributed by atoms with Crippen LogP contribution in [0.2, 0.25) is 0 Å². The maximum atomic E-state index is 11.4. The molecule has 1 aliphatic rings. The molecule has 1 unspecified atom stereocenters. The number of likely N-dealkylation sites (tertiary alicyclic amines) is 1. The van der Waals surface area contributed by atoms with E-state index >= 15 is 0 Å². The van der Waals surface area contributed by atoms with E-state index in [0.717, 1.165) is 36.1 Å². The van der Waals surface area contributed by atoms with E-state index in [2.05, 4.69) is 20.8 Å². The molecule has 0 radical (unpaired) electrons. The van der Waals surface area contributed by atoms with Gasteiger partial charge in [0.05, 0.1) is 12.7 Å². The van der Waals surface area contributed by atoms with E-state index in [1.54, 1.807) is 12.1 Å². The normalized spacial score (nSPS) is 19.6. The molecule has 0 amide bonds. The van der Waals surface area contributed by atoms with Crippen molar-refractivity contribution in [3.05, 3.63) is 33.8 Å². The first-order chi connectivity index (χ1) is 9.13. The van der Waals surface area contributed by atoms with Crippen molar-refractivity contribution in [1.82, 2.24) is 4.90 Å². The van der Waals surface area contributed by atoms with E-state index < -0.39 is 0 Å². The molecule has 1 fully saturated rings. The van der Waals surface area contributed by atoms with Crippen molar-refractivity contribution in [2.75, 3.05) is 26.8 Å². The standard InChI is InChI=1S/C14H18BrNO3/c1-19-14(18)11-2-3-12(13(15)6-11)8-16-5-4-10(7-16)9-17/h2-3,6,10,17H,4-5,7-9H2,1H3. The molecule has 2 rings (SSSR count). The van der Waals surface area contributed by atoms with Gasteiger partial charge in [-0.25, -0.2) is 4.79 Å². The van der Waals surface area contributed by atoms with Crippen molar-refractivity contribution < 1.29 is 14.6 Å². The summed E-state index contributed by atoms with van der Waals surface area (Å²) in [5, 5.41) is 9.14. The lowest BCUT2D eigenvalue weighted by Gasteiger charge is -2.17. The fraction of sp³-hybridized carbons (Fsp3) is 0.500. The number of halogens is 1. The molecule has 0 aliphatic carbocycles. The van der Waals surface area contributed by atoms with Crippen LogP contribution < -0.4 is 0 Å². The average molecular weight is 328 g/mol. The summed E-state index contributed by atoms with van der Waals surface area (Å²) in [4.78, 5) is 13.7. The predicted octanol–water partition coefficient (Wildman–Crippen LogP) is 2.05. The summed E-state index contributed by atoms with van der Waals surface area (Å²) in [5.74, 6) is 0.0712. The van der Waals surface area contributed by atoms with Gasteiger partial charge >= 0.3 is 5.97 Å². The summed E-state index contributed by atoms with van der Waals surface area (Å²) in [5.41, 5.74) is 1.69. The Balaban J connectivity index is 2.03. The minimum Gasteiger partial charge on any atom is -0.465 e. The molecule has 1 heterocycles. The first-order valence-corrected chi connectivity index (χ1v) is 7.13. The van der Waals surface area contributed by atoms with Gasteiger partial charge in [-0.3, -0.25) is 4.90 Å². The highest BCUT2D eigenvalue weighted by atomic mass is 79.9. The van der Waals surface area contributed by atoms with Crippen LogP contribution in [-0.4, -0.2) is 42.8 Å². The number of carbonyl (C=O) groups is 1. The van der Waals surface area contributed by atoms with Gasteiger partial charge in [-0.2, -0.15) is 0 Å². The number of carbonyl (C=O) groups excluding carboxylic acids is 1. The average Bonchev–Trinajstić information content (AvgIpc) is 2.88. The molecule has 19 heavy (non-hydrogen) atoms. The molecule has 1 aromatic rings. The molecular weight excluding hydrogens is 310 g/mol. The van der Waals surface area contributed by atoms with Gasteiger partial charge in [-0.1, -0.05) is 22.0 Å². The number of aliphatic hydroxyl groups excluding tert-OH is 1. The number of hydrogen-bond acceptors (Lipinski definition) is 4. The Kier molecular flexibility index (Phi) is 4.96. The monoisotopic (exact) mass is 327 g/mol. The summed E-state index contributed by atoms with van der Waals surface area (Å²) in [6.45, 7) is 3.04. The summed E-state index contributed by atoms with van der Waals surface area (Å²) in [7, 11) is 1.38.